The van der Waals surface area contributed by atoms with Crippen molar-refractivity contribution in [1.82, 2.24) is 19.1 Å². The van der Waals surface area contributed by atoms with E-state index in [0.717, 1.165) is 32.2 Å². The number of benzene rings is 2. The zero-order valence-corrected chi connectivity index (χ0v) is 17.5. The summed E-state index contributed by atoms with van der Waals surface area (Å²) in [6, 6.07) is 18.4. The van der Waals surface area contributed by atoms with Crippen molar-refractivity contribution in [1.29, 1.82) is 0 Å². The molecule has 124 valence electrons. The summed E-state index contributed by atoms with van der Waals surface area (Å²) in [5.74, 6) is 1.64. The molecule has 0 aliphatic rings. The van der Waals surface area contributed by atoms with Crippen LogP contribution >= 0.6 is 50.1 Å². The molecule has 4 rings (SSSR count). The molecule has 0 radical (unpaired) electrons. The van der Waals surface area contributed by atoms with Crippen LogP contribution in [-0.2, 0) is 6.42 Å². The number of aromatic nitrogens is 4. The standard InChI is InChI=1S/C18H12BrIN4S/c19-13-3-7-15(8-4-13)24-18(12-1-5-14(20)6-2-12)22-17(23-24)11-16-9-10-21-25-16/h1-10H,11H2. The zero-order chi connectivity index (χ0) is 17.2. The van der Waals surface area contributed by atoms with Crippen molar-refractivity contribution in [2.75, 3.05) is 0 Å². The first kappa shape index (κ1) is 16.9. The van der Waals surface area contributed by atoms with Gasteiger partial charge in [0.25, 0.3) is 0 Å². The molecule has 0 N–H and O–H groups in total. The molecule has 0 saturated heterocycles. The minimum absolute atomic E-state index is 0.686. The van der Waals surface area contributed by atoms with Gasteiger partial charge in [-0.1, -0.05) is 28.1 Å². The van der Waals surface area contributed by atoms with Gasteiger partial charge in [-0.05, 0) is 76.6 Å². The highest BCUT2D eigenvalue weighted by Crippen LogP contribution is 2.24. The molecule has 2 aromatic heterocycles. The third-order valence-corrected chi connectivity index (χ3v) is 5.64. The van der Waals surface area contributed by atoms with Crippen molar-refractivity contribution in [3.63, 3.8) is 0 Å². The molecule has 0 saturated carbocycles. The predicted octanol–water partition coefficient (Wildman–Crippen LogP) is 5.35. The number of nitrogens with zero attached hydrogens (tertiary/aromatic N) is 4. The quantitative estimate of drug-likeness (QED) is 0.339. The fourth-order valence-corrected chi connectivity index (χ4v) is 3.66. The van der Waals surface area contributed by atoms with E-state index in [1.807, 2.05) is 41.2 Å². The van der Waals surface area contributed by atoms with Crippen molar-refractivity contribution in [3.8, 4) is 17.1 Å². The van der Waals surface area contributed by atoms with Crippen molar-refractivity contribution in [2.45, 2.75) is 6.42 Å². The molecule has 0 bridgehead atoms. The third-order valence-electron chi connectivity index (χ3n) is 3.65. The lowest BCUT2D eigenvalue weighted by Crippen LogP contribution is -2.00. The van der Waals surface area contributed by atoms with Crippen LogP contribution in [0.4, 0.5) is 0 Å². The summed E-state index contributed by atoms with van der Waals surface area (Å²) in [6.45, 7) is 0. The SMILES string of the molecule is Brc1ccc(-n2nc(Cc3ccns3)nc2-c2ccc(I)cc2)cc1. The van der Waals surface area contributed by atoms with Gasteiger partial charge in [-0.15, -0.1) is 0 Å². The van der Waals surface area contributed by atoms with Crippen LogP contribution in [0.25, 0.3) is 17.1 Å². The summed E-state index contributed by atoms with van der Waals surface area (Å²) in [5, 5.41) is 4.75. The molecule has 0 atom stereocenters. The summed E-state index contributed by atoms with van der Waals surface area (Å²) >= 11 is 7.27. The van der Waals surface area contributed by atoms with Crippen LogP contribution in [0.2, 0.25) is 0 Å². The predicted molar refractivity (Wildman–Crippen MR) is 112 cm³/mol. The Morgan fingerprint density at radius 3 is 2.44 bits per heavy atom. The Morgan fingerprint density at radius 2 is 1.76 bits per heavy atom. The van der Waals surface area contributed by atoms with Gasteiger partial charge in [0, 0.05) is 31.1 Å². The fraction of sp³-hybridized carbons (Fsp3) is 0.0556. The van der Waals surface area contributed by atoms with Crippen molar-refractivity contribution in [3.05, 3.63) is 79.5 Å². The highest BCUT2D eigenvalue weighted by molar-refractivity contribution is 14.1. The lowest BCUT2D eigenvalue weighted by Gasteiger charge is -2.06. The summed E-state index contributed by atoms with van der Waals surface area (Å²) in [4.78, 5) is 5.96. The van der Waals surface area contributed by atoms with Crippen LogP contribution in [0.1, 0.15) is 10.7 Å². The molecular formula is C18H12BrIN4S. The van der Waals surface area contributed by atoms with Crippen LogP contribution < -0.4 is 0 Å². The molecule has 0 aliphatic heterocycles. The van der Waals surface area contributed by atoms with E-state index in [2.05, 4.69) is 67.2 Å². The lowest BCUT2D eigenvalue weighted by atomic mass is 10.2. The van der Waals surface area contributed by atoms with E-state index in [-0.39, 0.29) is 0 Å². The van der Waals surface area contributed by atoms with Crippen LogP contribution in [0, 0.1) is 3.57 Å². The Balaban J connectivity index is 1.80. The smallest absolute Gasteiger partial charge is 0.163 e. The first-order valence-corrected chi connectivity index (χ1v) is 10.2. The van der Waals surface area contributed by atoms with Gasteiger partial charge in [0.2, 0.25) is 0 Å². The summed E-state index contributed by atoms with van der Waals surface area (Å²) < 4.78 is 8.30. The van der Waals surface area contributed by atoms with E-state index >= 15 is 0 Å². The Kier molecular flexibility index (Phi) is 4.96. The lowest BCUT2D eigenvalue weighted by molar-refractivity contribution is 0.854. The molecule has 0 unspecified atom stereocenters. The van der Waals surface area contributed by atoms with Crippen LogP contribution in [0.3, 0.4) is 0 Å². The normalized spacial score (nSPS) is 11.0. The third kappa shape index (κ3) is 3.83. The summed E-state index contributed by atoms with van der Waals surface area (Å²) in [6.07, 6.45) is 2.50. The second kappa shape index (κ2) is 7.35. The van der Waals surface area contributed by atoms with Gasteiger partial charge in [-0.2, -0.15) is 5.10 Å². The van der Waals surface area contributed by atoms with Gasteiger partial charge < -0.3 is 0 Å². The maximum atomic E-state index is 4.80. The zero-order valence-electron chi connectivity index (χ0n) is 12.9. The molecule has 7 heteroatoms. The molecule has 2 aromatic carbocycles. The van der Waals surface area contributed by atoms with E-state index < -0.39 is 0 Å². The fourth-order valence-electron chi connectivity index (χ4n) is 2.47. The van der Waals surface area contributed by atoms with Gasteiger partial charge >= 0.3 is 0 Å². The van der Waals surface area contributed by atoms with E-state index in [9.17, 15) is 0 Å². The highest BCUT2D eigenvalue weighted by atomic mass is 127. The van der Waals surface area contributed by atoms with E-state index in [1.54, 1.807) is 0 Å². The number of halogens is 2. The van der Waals surface area contributed by atoms with Crippen LogP contribution in [0.15, 0.2) is 65.3 Å². The Morgan fingerprint density at radius 1 is 1.00 bits per heavy atom. The molecule has 25 heavy (non-hydrogen) atoms. The number of hydrogen-bond acceptors (Lipinski definition) is 4. The van der Waals surface area contributed by atoms with E-state index in [1.165, 1.54) is 15.1 Å². The minimum atomic E-state index is 0.686. The molecule has 0 amide bonds. The summed E-state index contributed by atoms with van der Waals surface area (Å²) in [7, 11) is 0. The molecule has 4 aromatic rings. The molecule has 0 aliphatic carbocycles. The Labute approximate surface area is 171 Å². The average Bonchev–Trinajstić information content (AvgIpc) is 3.27. The molecule has 4 nitrogen and oxygen atoms in total. The maximum absolute atomic E-state index is 4.80. The first-order valence-electron chi connectivity index (χ1n) is 7.56. The Hall–Kier alpha value is -1.58. The van der Waals surface area contributed by atoms with E-state index in [4.69, 9.17) is 10.1 Å². The van der Waals surface area contributed by atoms with Crippen molar-refractivity contribution < 1.29 is 0 Å². The van der Waals surface area contributed by atoms with Gasteiger partial charge in [0.05, 0.1) is 5.69 Å². The molecule has 2 heterocycles. The molecule has 0 spiro atoms. The van der Waals surface area contributed by atoms with Gasteiger partial charge in [0.15, 0.2) is 11.6 Å². The molecule has 0 fully saturated rings. The minimum Gasteiger partial charge on any atom is -0.213 e. The maximum Gasteiger partial charge on any atom is 0.163 e. The van der Waals surface area contributed by atoms with Gasteiger partial charge in [0.1, 0.15) is 0 Å². The van der Waals surface area contributed by atoms with Gasteiger partial charge in [-0.3, -0.25) is 0 Å². The van der Waals surface area contributed by atoms with Gasteiger partial charge in [-0.25, -0.2) is 14.0 Å². The van der Waals surface area contributed by atoms with E-state index in [0.29, 0.717) is 6.42 Å². The molecular weight excluding hydrogens is 511 g/mol. The van der Waals surface area contributed by atoms with Crippen LogP contribution in [0.5, 0.6) is 0 Å². The van der Waals surface area contributed by atoms with Crippen LogP contribution in [-0.4, -0.2) is 19.1 Å². The topological polar surface area (TPSA) is 43.6 Å². The first-order chi connectivity index (χ1) is 12.2. The second-order valence-electron chi connectivity index (χ2n) is 5.40. The Bertz CT molecular complexity index is 916. The summed E-state index contributed by atoms with van der Waals surface area (Å²) in [5.41, 5.74) is 2.03. The van der Waals surface area contributed by atoms with Crippen molar-refractivity contribution >= 4 is 50.1 Å². The monoisotopic (exact) mass is 522 g/mol. The second-order valence-corrected chi connectivity index (χ2v) is 8.48. The number of rotatable bonds is 4. The van der Waals surface area contributed by atoms with Crippen molar-refractivity contribution in [2.24, 2.45) is 0 Å². The average molecular weight is 523 g/mol. The highest BCUT2D eigenvalue weighted by Gasteiger charge is 2.14. The largest absolute Gasteiger partial charge is 0.213 e. The number of hydrogen-bond donors (Lipinski definition) is 0.